The third-order valence-electron chi connectivity index (χ3n) is 5.99. The minimum absolute atomic E-state index is 0.179. The Morgan fingerprint density at radius 3 is 2.26 bits per heavy atom. The van der Waals surface area contributed by atoms with E-state index in [9.17, 15) is 14.4 Å². The van der Waals surface area contributed by atoms with Crippen molar-refractivity contribution in [1.29, 1.82) is 0 Å². The molecular formula is C27H24N4O3. The molecule has 0 bridgehead atoms. The van der Waals surface area contributed by atoms with E-state index >= 15 is 0 Å². The van der Waals surface area contributed by atoms with Gasteiger partial charge in [0.1, 0.15) is 5.82 Å². The third-order valence-corrected chi connectivity index (χ3v) is 5.99. The van der Waals surface area contributed by atoms with Crippen molar-refractivity contribution in [3.8, 4) is 0 Å². The molecule has 2 heterocycles. The van der Waals surface area contributed by atoms with Crippen LogP contribution in [0, 0.1) is 6.92 Å². The molecule has 7 heteroatoms. The molecule has 0 aliphatic carbocycles. The monoisotopic (exact) mass is 452 g/mol. The molecule has 1 aliphatic heterocycles. The lowest BCUT2D eigenvalue weighted by atomic mass is 9.94. The Labute approximate surface area is 197 Å². The molecule has 0 saturated heterocycles. The largest absolute Gasteiger partial charge is 0.311 e. The van der Waals surface area contributed by atoms with E-state index in [0.29, 0.717) is 35.3 Å². The van der Waals surface area contributed by atoms with Gasteiger partial charge in [0, 0.05) is 35.5 Å². The van der Waals surface area contributed by atoms with E-state index in [1.165, 1.54) is 4.90 Å². The van der Waals surface area contributed by atoms with Crippen molar-refractivity contribution in [1.82, 2.24) is 14.7 Å². The predicted octanol–water partition coefficient (Wildman–Crippen LogP) is 4.41. The minimum atomic E-state index is -0.314. The molecular weight excluding hydrogens is 428 g/mol. The van der Waals surface area contributed by atoms with Gasteiger partial charge in [-0.15, -0.1) is 0 Å². The molecule has 0 fully saturated rings. The maximum absolute atomic E-state index is 13.0. The first kappa shape index (κ1) is 21.6. The molecule has 1 N–H and O–H groups in total. The van der Waals surface area contributed by atoms with Crippen LogP contribution in [0.2, 0.25) is 0 Å². The zero-order chi connectivity index (χ0) is 23.7. The second-order valence-electron chi connectivity index (χ2n) is 8.44. The Bertz CT molecular complexity index is 1360. The number of rotatable bonds is 7. The van der Waals surface area contributed by atoms with Gasteiger partial charge in [0.2, 0.25) is 5.91 Å². The number of benzene rings is 3. The van der Waals surface area contributed by atoms with E-state index in [2.05, 4.69) is 10.4 Å². The smallest absolute Gasteiger partial charge is 0.261 e. The van der Waals surface area contributed by atoms with Crippen LogP contribution in [0.15, 0.2) is 72.8 Å². The predicted molar refractivity (Wildman–Crippen MR) is 130 cm³/mol. The summed E-state index contributed by atoms with van der Waals surface area (Å²) in [5, 5.41) is 8.97. The number of aromatic nitrogens is 2. The average Bonchev–Trinajstić information content (AvgIpc) is 3.18. The van der Waals surface area contributed by atoms with Crippen molar-refractivity contribution >= 4 is 34.3 Å². The van der Waals surface area contributed by atoms with E-state index in [1.807, 2.05) is 67.6 Å². The lowest BCUT2D eigenvalue weighted by Gasteiger charge is -2.27. The van der Waals surface area contributed by atoms with Crippen LogP contribution < -0.4 is 5.32 Å². The van der Waals surface area contributed by atoms with Crippen LogP contribution in [0.4, 0.5) is 5.82 Å². The zero-order valence-electron chi connectivity index (χ0n) is 18.8. The Balaban J connectivity index is 1.23. The van der Waals surface area contributed by atoms with Crippen LogP contribution in [0.25, 0.3) is 10.8 Å². The van der Waals surface area contributed by atoms with E-state index in [1.54, 1.807) is 16.8 Å². The molecule has 0 saturated carbocycles. The summed E-state index contributed by atoms with van der Waals surface area (Å²) in [6.07, 6.45) is 0.547. The van der Waals surface area contributed by atoms with Gasteiger partial charge >= 0.3 is 0 Å². The average molecular weight is 453 g/mol. The summed E-state index contributed by atoms with van der Waals surface area (Å²) in [7, 11) is 0. The van der Waals surface area contributed by atoms with Crippen LogP contribution in [-0.4, -0.2) is 38.9 Å². The van der Waals surface area contributed by atoms with Gasteiger partial charge in [0.15, 0.2) is 0 Å². The number of nitrogens with one attached hydrogen (secondary N) is 1. The van der Waals surface area contributed by atoms with Gasteiger partial charge in [0.05, 0.1) is 12.2 Å². The molecule has 170 valence electrons. The molecule has 5 rings (SSSR count). The molecule has 1 aromatic heterocycles. The summed E-state index contributed by atoms with van der Waals surface area (Å²) >= 11 is 0. The van der Waals surface area contributed by atoms with Crippen molar-refractivity contribution in [2.75, 3.05) is 11.9 Å². The normalized spacial score (nSPS) is 12.9. The fraction of sp³-hybridized carbons (Fsp3) is 0.185. The number of aryl methyl sites for hydroxylation is 1. The van der Waals surface area contributed by atoms with Gasteiger partial charge in [-0.25, -0.2) is 4.68 Å². The Hall–Kier alpha value is -4.26. The summed E-state index contributed by atoms with van der Waals surface area (Å²) in [4.78, 5) is 39.9. The van der Waals surface area contributed by atoms with Crippen molar-refractivity contribution < 1.29 is 14.4 Å². The van der Waals surface area contributed by atoms with E-state index in [-0.39, 0.29) is 30.7 Å². The van der Waals surface area contributed by atoms with Crippen molar-refractivity contribution in [2.24, 2.45) is 0 Å². The van der Waals surface area contributed by atoms with Crippen molar-refractivity contribution in [2.45, 2.75) is 26.3 Å². The molecule has 7 nitrogen and oxygen atoms in total. The number of amides is 3. The topological polar surface area (TPSA) is 84.3 Å². The standard InChI is InChI=1S/C27H24N4O3/c1-18-16-23(31(29-18)17-19-8-3-2-4-9-19)28-24(32)14-7-15-30-26(33)21-12-5-10-20-11-6-13-22(25(20)21)27(30)34/h2-6,8-13,16H,7,14-15,17H2,1H3,(H,28,32). The molecule has 0 atom stereocenters. The SMILES string of the molecule is Cc1cc(NC(=O)CCCN2C(=O)c3cccc4cccc(c34)C2=O)n(Cc2ccccc2)n1. The van der Waals surface area contributed by atoms with Gasteiger partial charge < -0.3 is 5.32 Å². The van der Waals surface area contributed by atoms with Crippen LogP contribution in [-0.2, 0) is 11.3 Å². The third kappa shape index (κ3) is 4.08. The Morgan fingerprint density at radius 1 is 0.912 bits per heavy atom. The molecule has 3 aromatic carbocycles. The van der Waals surface area contributed by atoms with Gasteiger partial charge in [-0.2, -0.15) is 5.10 Å². The van der Waals surface area contributed by atoms with Crippen LogP contribution in [0.3, 0.4) is 0 Å². The maximum Gasteiger partial charge on any atom is 0.261 e. The number of anilines is 1. The number of hydrogen-bond donors (Lipinski definition) is 1. The molecule has 34 heavy (non-hydrogen) atoms. The number of hydrogen-bond acceptors (Lipinski definition) is 4. The highest BCUT2D eigenvalue weighted by Crippen LogP contribution is 2.30. The zero-order valence-corrected chi connectivity index (χ0v) is 18.8. The molecule has 0 spiro atoms. The fourth-order valence-corrected chi connectivity index (χ4v) is 4.41. The van der Waals surface area contributed by atoms with Crippen LogP contribution in [0.5, 0.6) is 0 Å². The summed E-state index contributed by atoms with van der Waals surface area (Å²) in [5.74, 6) is -0.191. The number of carbonyl (C=O) groups excluding carboxylic acids is 3. The van der Waals surface area contributed by atoms with Crippen LogP contribution in [0.1, 0.15) is 44.8 Å². The first-order valence-electron chi connectivity index (χ1n) is 11.3. The lowest BCUT2D eigenvalue weighted by molar-refractivity contribution is -0.116. The number of imide groups is 1. The molecule has 0 radical (unpaired) electrons. The number of carbonyl (C=O) groups is 3. The van der Waals surface area contributed by atoms with Gasteiger partial charge in [-0.3, -0.25) is 19.3 Å². The van der Waals surface area contributed by atoms with Crippen LogP contribution >= 0.6 is 0 Å². The molecule has 3 amide bonds. The van der Waals surface area contributed by atoms with Gasteiger partial charge in [-0.1, -0.05) is 54.6 Å². The number of nitrogens with zero attached hydrogens (tertiary/aromatic N) is 3. The van der Waals surface area contributed by atoms with Gasteiger partial charge in [-0.05, 0) is 36.4 Å². The lowest BCUT2D eigenvalue weighted by Crippen LogP contribution is -2.41. The van der Waals surface area contributed by atoms with E-state index in [0.717, 1.165) is 16.6 Å². The summed E-state index contributed by atoms with van der Waals surface area (Å²) in [6, 6.07) is 22.7. The molecule has 0 unspecified atom stereocenters. The highest BCUT2D eigenvalue weighted by Gasteiger charge is 2.32. The Kier molecular flexibility index (Phi) is 5.67. The first-order valence-corrected chi connectivity index (χ1v) is 11.3. The highest BCUT2D eigenvalue weighted by atomic mass is 16.2. The summed E-state index contributed by atoms with van der Waals surface area (Å²) < 4.78 is 1.76. The fourth-order valence-electron chi connectivity index (χ4n) is 4.41. The second kappa shape index (κ2) is 8.94. The summed E-state index contributed by atoms with van der Waals surface area (Å²) in [6.45, 7) is 2.60. The Morgan fingerprint density at radius 2 is 1.59 bits per heavy atom. The van der Waals surface area contributed by atoms with E-state index < -0.39 is 0 Å². The minimum Gasteiger partial charge on any atom is -0.311 e. The van der Waals surface area contributed by atoms with Crippen molar-refractivity contribution in [3.63, 3.8) is 0 Å². The molecule has 4 aromatic rings. The van der Waals surface area contributed by atoms with E-state index in [4.69, 9.17) is 0 Å². The molecule has 1 aliphatic rings. The van der Waals surface area contributed by atoms with Crippen molar-refractivity contribution in [3.05, 3.63) is 95.2 Å². The first-order chi connectivity index (χ1) is 16.5. The van der Waals surface area contributed by atoms with Gasteiger partial charge in [0.25, 0.3) is 11.8 Å². The summed E-state index contributed by atoms with van der Waals surface area (Å²) in [5.41, 5.74) is 2.94. The second-order valence-corrected chi connectivity index (χ2v) is 8.44. The maximum atomic E-state index is 13.0. The quantitative estimate of drug-likeness (QED) is 0.421. The highest BCUT2D eigenvalue weighted by molar-refractivity contribution is 6.25.